The summed E-state index contributed by atoms with van der Waals surface area (Å²) in [5.41, 5.74) is 0.0331. The van der Waals surface area contributed by atoms with Crippen molar-refractivity contribution in [2.24, 2.45) is 4.99 Å². The van der Waals surface area contributed by atoms with Gasteiger partial charge in [-0.2, -0.15) is 9.36 Å². The standard InChI is InChI=1S/C51H39N7O6/c1-63-39-30-26-34(27-31-39)45(35-28-32-40(64-2)33-29-35)41-22-12-14-24-43(41)52-46-51(36-16-6-3-7-17-36,58-50(62)54(47(59)53-58)37-18-8-4-9-19-37)42-23-13-15-25-44(42)56-48(60)55(49(61)57(46)56)38-20-10-5-11-21-38/h3-33,45H,1-2H3,(H,53,59). The molecule has 2 aromatic heterocycles. The Hall–Kier alpha value is -8.71. The Morgan fingerprint density at radius 1 is 0.516 bits per heavy atom. The predicted molar refractivity (Wildman–Crippen MR) is 245 cm³/mol. The summed E-state index contributed by atoms with van der Waals surface area (Å²) in [5, 5.41) is 2.89. The maximum atomic E-state index is 15.4. The zero-order valence-electron chi connectivity index (χ0n) is 34.6. The van der Waals surface area contributed by atoms with Crippen molar-refractivity contribution in [2.45, 2.75) is 11.5 Å². The van der Waals surface area contributed by atoms with Crippen LogP contribution in [0.5, 0.6) is 11.5 Å². The summed E-state index contributed by atoms with van der Waals surface area (Å²) in [5.74, 6) is 0.880. The molecule has 1 N–H and O–H groups in total. The van der Waals surface area contributed by atoms with Gasteiger partial charge >= 0.3 is 22.8 Å². The number of nitrogens with zero attached hydrogens (tertiary/aromatic N) is 6. The molecule has 0 spiro atoms. The number of rotatable bonds is 10. The van der Waals surface area contributed by atoms with Crippen LogP contribution in [0.4, 0.5) is 5.69 Å². The second-order valence-electron chi connectivity index (χ2n) is 15.1. The average molecular weight is 846 g/mol. The van der Waals surface area contributed by atoms with Crippen molar-refractivity contribution in [3.05, 3.63) is 258 Å². The highest BCUT2D eigenvalue weighted by Gasteiger charge is 2.52. The van der Waals surface area contributed by atoms with Gasteiger partial charge in [0.2, 0.25) is 0 Å². The lowest BCUT2D eigenvalue weighted by atomic mass is 9.79. The summed E-state index contributed by atoms with van der Waals surface area (Å²) in [4.78, 5) is 65.4. The van der Waals surface area contributed by atoms with Gasteiger partial charge < -0.3 is 9.47 Å². The van der Waals surface area contributed by atoms with Crippen molar-refractivity contribution in [3.8, 4) is 28.6 Å². The van der Waals surface area contributed by atoms with Crippen LogP contribution in [-0.4, -0.2) is 48.3 Å². The number of aromatic amines is 1. The van der Waals surface area contributed by atoms with Crippen LogP contribution >= 0.6 is 0 Å². The summed E-state index contributed by atoms with van der Waals surface area (Å²) in [6.07, 6.45) is 0. The van der Waals surface area contributed by atoms with E-state index in [4.69, 9.17) is 14.5 Å². The van der Waals surface area contributed by atoms with Crippen LogP contribution in [0.15, 0.2) is 212 Å². The molecule has 0 amide bonds. The molecule has 13 nitrogen and oxygen atoms in total. The Morgan fingerprint density at radius 3 is 1.61 bits per heavy atom. The minimum atomic E-state index is -1.89. The molecule has 10 rings (SSSR count). The molecule has 1 aliphatic heterocycles. The molecule has 1 aliphatic rings. The van der Waals surface area contributed by atoms with Gasteiger partial charge in [-0.1, -0.05) is 127 Å². The van der Waals surface area contributed by atoms with Crippen LogP contribution in [0.1, 0.15) is 33.7 Å². The SMILES string of the molecule is COc1ccc(C(c2ccc(OC)cc2)c2ccccc2N=C2n3c(=O)n(-c4ccccc4)c(=O)n3-c3ccccc3C2(c2ccccc2)n2[nH]c(=O)n(-c3ccccc3)c2=O)cc1. The smallest absolute Gasteiger partial charge is 0.358 e. The number of nitrogens with one attached hydrogen (secondary N) is 1. The zero-order valence-corrected chi connectivity index (χ0v) is 34.6. The Labute approximate surface area is 365 Å². The van der Waals surface area contributed by atoms with Crippen LogP contribution < -0.4 is 32.2 Å². The zero-order chi connectivity index (χ0) is 44.0. The highest BCUT2D eigenvalue weighted by Crippen LogP contribution is 2.44. The number of benzene rings is 7. The van der Waals surface area contributed by atoms with E-state index < -0.39 is 34.2 Å². The summed E-state index contributed by atoms with van der Waals surface area (Å²) >= 11 is 0. The lowest BCUT2D eigenvalue weighted by Gasteiger charge is -2.40. The second-order valence-corrected chi connectivity index (χ2v) is 15.1. The van der Waals surface area contributed by atoms with Crippen molar-refractivity contribution in [3.63, 3.8) is 0 Å². The molecule has 0 saturated carbocycles. The van der Waals surface area contributed by atoms with Gasteiger partial charge in [-0.15, -0.1) is 0 Å². The van der Waals surface area contributed by atoms with Gasteiger partial charge in [0, 0.05) is 11.5 Å². The summed E-state index contributed by atoms with van der Waals surface area (Å²) in [7, 11) is 3.23. The number of ether oxygens (including phenoxy) is 2. The molecular weight excluding hydrogens is 807 g/mol. The molecule has 0 fully saturated rings. The van der Waals surface area contributed by atoms with Crippen molar-refractivity contribution >= 4 is 11.5 Å². The highest BCUT2D eigenvalue weighted by molar-refractivity contribution is 6.01. The van der Waals surface area contributed by atoms with Crippen LogP contribution in [0.3, 0.4) is 0 Å². The first kappa shape index (κ1) is 39.4. The largest absolute Gasteiger partial charge is 0.497 e. The topological polar surface area (TPSA) is 140 Å². The molecule has 64 heavy (non-hydrogen) atoms. The van der Waals surface area contributed by atoms with Crippen LogP contribution in [0.2, 0.25) is 0 Å². The van der Waals surface area contributed by atoms with Gasteiger partial charge in [0.1, 0.15) is 11.5 Å². The minimum Gasteiger partial charge on any atom is -0.497 e. The van der Waals surface area contributed by atoms with Gasteiger partial charge in [-0.25, -0.2) is 43.1 Å². The number of aromatic nitrogens is 6. The fraction of sp³-hybridized carbons (Fsp3) is 0.0784. The summed E-state index contributed by atoms with van der Waals surface area (Å²) in [6.45, 7) is 0. The summed E-state index contributed by atoms with van der Waals surface area (Å²) < 4.78 is 16.9. The predicted octanol–water partition coefficient (Wildman–Crippen LogP) is 7.01. The molecule has 7 aromatic carbocycles. The van der Waals surface area contributed by atoms with Gasteiger partial charge in [0.25, 0.3) is 0 Å². The number of H-pyrrole nitrogens is 1. The van der Waals surface area contributed by atoms with E-state index in [1.54, 1.807) is 99.1 Å². The van der Waals surface area contributed by atoms with Crippen molar-refractivity contribution < 1.29 is 9.47 Å². The van der Waals surface area contributed by atoms with Crippen LogP contribution in [0, 0.1) is 0 Å². The lowest BCUT2D eigenvalue weighted by molar-refractivity contribution is 0.414. The molecule has 0 radical (unpaired) electrons. The lowest BCUT2D eigenvalue weighted by Crippen LogP contribution is -2.58. The highest BCUT2D eigenvalue weighted by atomic mass is 16.5. The molecule has 13 heteroatoms. The van der Waals surface area contributed by atoms with Crippen molar-refractivity contribution in [1.29, 1.82) is 0 Å². The number of aliphatic imine (C=N–C) groups is 1. The Morgan fingerprint density at radius 2 is 1.02 bits per heavy atom. The Bertz CT molecular complexity index is 3390. The van der Waals surface area contributed by atoms with E-state index in [9.17, 15) is 9.59 Å². The van der Waals surface area contributed by atoms with E-state index in [0.29, 0.717) is 45.4 Å². The fourth-order valence-corrected chi connectivity index (χ4v) is 8.82. The maximum absolute atomic E-state index is 15.4. The number of methoxy groups -OCH3 is 2. The number of fused-ring (bicyclic) bond motifs is 3. The van der Waals surface area contributed by atoms with Crippen LogP contribution in [-0.2, 0) is 5.54 Å². The molecule has 314 valence electrons. The quantitative estimate of drug-likeness (QED) is 0.147. The van der Waals surface area contributed by atoms with Gasteiger partial charge in [0.15, 0.2) is 11.4 Å². The Kier molecular flexibility index (Phi) is 9.83. The average Bonchev–Trinajstić information content (AvgIpc) is 3.80. The Balaban J connectivity index is 1.37. The van der Waals surface area contributed by atoms with Gasteiger partial charge in [-0.05, 0) is 82.9 Å². The number of hydrogen-bond acceptors (Lipinski definition) is 7. The van der Waals surface area contributed by atoms with E-state index in [1.807, 2.05) is 103 Å². The van der Waals surface area contributed by atoms with Gasteiger partial charge in [0.05, 0.1) is 37.0 Å². The van der Waals surface area contributed by atoms with E-state index in [1.165, 1.54) is 14.0 Å². The first-order valence-electron chi connectivity index (χ1n) is 20.5. The molecule has 0 saturated heterocycles. The molecule has 9 aromatic rings. The molecule has 0 aliphatic carbocycles. The molecular formula is C51H39N7O6. The minimum absolute atomic E-state index is 0.0478. The van der Waals surface area contributed by atoms with Crippen molar-refractivity contribution in [2.75, 3.05) is 14.2 Å². The molecule has 1 atom stereocenters. The number of hydrogen-bond donors (Lipinski definition) is 1. The summed E-state index contributed by atoms with van der Waals surface area (Å²) in [6, 6.07) is 56.4. The third kappa shape index (κ3) is 6.20. The molecule has 1 unspecified atom stereocenters. The van der Waals surface area contributed by atoms with E-state index in [2.05, 4.69) is 5.10 Å². The second kappa shape index (κ2) is 16.0. The first-order chi connectivity index (χ1) is 31.3. The number of para-hydroxylation sites is 4. The monoisotopic (exact) mass is 845 g/mol. The molecule has 3 heterocycles. The first-order valence-corrected chi connectivity index (χ1v) is 20.5. The normalized spacial score (nSPS) is 14.9. The maximum Gasteiger partial charge on any atom is 0.358 e. The van der Waals surface area contributed by atoms with Gasteiger partial charge in [-0.3, -0.25) is 0 Å². The van der Waals surface area contributed by atoms with Crippen LogP contribution in [0.25, 0.3) is 17.1 Å². The molecule has 0 bridgehead atoms. The van der Waals surface area contributed by atoms with Crippen molar-refractivity contribution in [1.82, 2.24) is 28.3 Å². The third-order valence-electron chi connectivity index (χ3n) is 11.7. The third-order valence-corrected chi connectivity index (χ3v) is 11.7. The fourth-order valence-electron chi connectivity index (χ4n) is 8.82. The van der Waals surface area contributed by atoms with E-state index in [0.717, 1.165) is 25.8 Å². The van der Waals surface area contributed by atoms with E-state index >= 15 is 9.59 Å². The van der Waals surface area contributed by atoms with E-state index in [-0.39, 0.29) is 5.84 Å².